The van der Waals surface area contributed by atoms with Gasteiger partial charge in [-0.2, -0.15) is 0 Å². The minimum absolute atomic E-state index is 0.0602. The first kappa shape index (κ1) is 13.8. The molecular weight excluding hydrogens is 190 g/mol. The Bertz CT molecular complexity index is 270. The van der Waals surface area contributed by atoms with Gasteiger partial charge in [0.25, 0.3) is 0 Å². The fraction of sp³-hybridized carbons (Fsp3) is 0.500. The van der Waals surface area contributed by atoms with Gasteiger partial charge in [0.2, 0.25) is 0 Å². The molecule has 0 atom stereocenters. The Morgan fingerprint density at radius 1 is 1.13 bits per heavy atom. The lowest BCUT2D eigenvalue weighted by Crippen LogP contribution is -1.96. The molecule has 0 radical (unpaired) electrons. The number of hydrogen-bond acceptors (Lipinski definition) is 3. The average Bonchev–Trinajstić information content (AvgIpc) is 2.22. The van der Waals surface area contributed by atoms with Gasteiger partial charge < -0.3 is 15.9 Å². The maximum atomic E-state index is 8.85. The number of nitrogens with two attached hydrogens (primary N) is 1. The molecular formula is C12H21NO2. The molecule has 0 unspecified atom stereocenters. The number of phenolic OH excluding ortho intramolecular Hbond substituents is 2. The van der Waals surface area contributed by atoms with Crippen LogP contribution in [0.5, 0.6) is 11.5 Å². The number of aryl methyl sites for hydroxylation is 1. The SMILES string of the molecule is CCCCCN.Cc1ccc(O)c(O)c1. The second-order valence-electron chi connectivity index (χ2n) is 3.49. The van der Waals surface area contributed by atoms with Crippen LogP contribution in [0.25, 0.3) is 0 Å². The summed E-state index contributed by atoms with van der Waals surface area (Å²) >= 11 is 0. The van der Waals surface area contributed by atoms with Crippen LogP contribution in [-0.2, 0) is 0 Å². The second kappa shape index (κ2) is 8.12. The van der Waals surface area contributed by atoms with Crippen molar-refractivity contribution in [1.29, 1.82) is 0 Å². The largest absolute Gasteiger partial charge is 0.504 e. The van der Waals surface area contributed by atoms with Crippen molar-refractivity contribution in [3.63, 3.8) is 0 Å². The van der Waals surface area contributed by atoms with E-state index < -0.39 is 0 Å². The lowest BCUT2D eigenvalue weighted by molar-refractivity contribution is 0.403. The van der Waals surface area contributed by atoms with Crippen molar-refractivity contribution >= 4 is 0 Å². The zero-order chi connectivity index (χ0) is 11.7. The molecule has 15 heavy (non-hydrogen) atoms. The summed E-state index contributed by atoms with van der Waals surface area (Å²) in [4.78, 5) is 0. The molecule has 4 N–H and O–H groups in total. The highest BCUT2D eigenvalue weighted by molar-refractivity contribution is 5.39. The maximum absolute atomic E-state index is 8.85. The lowest BCUT2D eigenvalue weighted by Gasteiger charge is -1.95. The van der Waals surface area contributed by atoms with E-state index in [1.165, 1.54) is 31.4 Å². The summed E-state index contributed by atoms with van der Waals surface area (Å²) in [6.45, 7) is 4.88. The van der Waals surface area contributed by atoms with Gasteiger partial charge >= 0.3 is 0 Å². The number of hydrogen-bond donors (Lipinski definition) is 3. The molecule has 0 fully saturated rings. The molecule has 0 bridgehead atoms. The van der Waals surface area contributed by atoms with Crippen LogP contribution in [0, 0.1) is 6.92 Å². The zero-order valence-electron chi connectivity index (χ0n) is 9.53. The van der Waals surface area contributed by atoms with Crippen molar-refractivity contribution in [3.05, 3.63) is 23.8 Å². The summed E-state index contributed by atoms with van der Waals surface area (Å²) < 4.78 is 0. The Balaban J connectivity index is 0.000000288. The van der Waals surface area contributed by atoms with E-state index in [2.05, 4.69) is 6.92 Å². The van der Waals surface area contributed by atoms with Gasteiger partial charge in [-0.15, -0.1) is 0 Å². The maximum Gasteiger partial charge on any atom is 0.157 e. The fourth-order valence-corrected chi connectivity index (χ4v) is 1.03. The monoisotopic (exact) mass is 211 g/mol. The summed E-state index contributed by atoms with van der Waals surface area (Å²) in [5, 5.41) is 17.6. The van der Waals surface area contributed by atoms with Gasteiger partial charge in [-0.25, -0.2) is 0 Å². The molecule has 0 aliphatic rings. The van der Waals surface area contributed by atoms with Crippen LogP contribution in [0.1, 0.15) is 31.7 Å². The molecule has 1 aromatic carbocycles. The lowest BCUT2D eigenvalue weighted by atomic mass is 10.2. The Morgan fingerprint density at radius 2 is 1.80 bits per heavy atom. The van der Waals surface area contributed by atoms with Gasteiger partial charge in [0.1, 0.15) is 0 Å². The molecule has 0 amide bonds. The van der Waals surface area contributed by atoms with E-state index >= 15 is 0 Å². The van der Waals surface area contributed by atoms with E-state index in [1.54, 1.807) is 6.07 Å². The van der Waals surface area contributed by atoms with E-state index in [0.29, 0.717) is 0 Å². The number of aromatic hydroxyl groups is 2. The number of rotatable bonds is 3. The smallest absolute Gasteiger partial charge is 0.157 e. The molecule has 3 heteroatoms. The van der Waals surface area contributed by atoms with E-state index in [4.69, 9.17) is 15.9 Å². The minimum atomic E-state index is -0.0689. The van der Waals surface area contributed by atoms with Gasteiger partial charge in [0, 0.05) is 0 Å². The zero-order valence-corrected chi connectivity index (χ0v) is 9.53. The summed E-state index contributed by atoms with van der Waals surface area (Å²) in [6.07, 6.45) is 3.75. The molecule has 0 saturated heterocycles. The van der Waals surface area contributed by atoms with E-state index in [0.717, 1.165) is 12.1 Å². The molecule has 1 aromatic rings. The van der Waals surface area contributed by atoms with Crippen molar-refractivity contribution in [2.24, 2.45) is 5.73 Å². The van der Waals surface area contributed by atoms with Crippen LogP contribution >= 0.6 is 0 Å². The Labute approximate surface area is 91.6 Å². The average molecular weight is 211 g/mol. The van der Waals surface area contributed by atoms with Crippen LogP contribution < -0.4 is 5.73 Å². The van der Waals surface area contributed by atoms with Crippen molar-refractivity contribution in [2.75, 3.05) is 6.54 Å². The summed E-state index contributed by atoms with van der Waals surface area (Å²) in [7, 11) is 0. The van der Waals surface area contributed by atoms with Crippen LogP contribution in [0.4, 0.5) is 0 Å². The third-order valence-electron chi connectivity index (χ3n) is 1.94. The predicted molar refractivity (Wildman–Crippen MR) is 63.1 cm³/mol. The van der Waals surface area contributed by atoms with Gasteiger partial charge in [-0.1, -0.05) is 25.8 Å². The van der Waals surface area contributed by atoms with E-state index in [-0.39, 0.29) is 11.5 Å². The van der Waals surface area contributed by atoms with Gasteiger partial charge in [-0.05, 0) is 37.6 Å². The second-order valence-corrected chi connectivity index (χ2v) is 3.49. The minimum Gasteiger partial charge on any atom is -0.504 e. The van der Waals surface area contributed by atoms with Crippen LogP contribution in [-0.4, -0.2) is 16.8 Å². The van der Waals surface area contributed by atoms with Gasteiger partial charge in [0.05, 0.1) is 0 Å². The highest BCUT2D eigenvalue weighted by Crippen LogP contribution is 2.23. The molecule has 0 saturated carbocycles. The van der Waals surface area contributed by atoms with Crippen molar-refractivity contribution in [1.82, 2.24) is 0 Å². The topological polar surface area (TPSA) is 66.5 Å². The number of unbranched alkanes of at least 4 members (excludes halogenated alkanes) is 2. The first-order chi connectivity index (χ1) is 7.11. The molecule has 0 aromatic heterocycles. The Kier molecular flexibility index (Phi) is 7.46. The normalized spacial score (nSPS) is 9.27. The van der Waals surface area contributed by atoms with E-state index in [1.807, 2.05) is 6.92 Å². The molecule has 0 heterocycles. The highest BCUT2D eigenvalue weighted by Gasteiger charge is 1.94. The molecule has 0 aliphatic carbocycles. The Morgan fingerprint density at radius 3 is 2.13 bits per heavy atom. The summed E-state index contributed by atoms with van der Waals surface area (Å²) in [6, 6.07) is 4.70. The molecule has 0 aliphatic heterocycles. The fourth-order valence-electron chi connectivity index (χ4n) is 1.03. The summed E-state index contributed by atoms with van der Waals surface area (Å²) in [5.41, 5.74) is 6.15. The highest BCUT2D eigenvalue weighted by atomic mass is 16.3. The first-order valence-electron chi connectivity index (χ1n) is 5.30. The number of phenols is 2. The van der Waals surface area contributed by atoms with Gasteiger partial charge in [0.15, 0.2) is 11.5 Å². The van der Waals surface area contributed by atoms with Gasteiger partial charge in [-0.3, -0.25) is 0 Å². The first-order valence-corrected chi connectivity index (χ1v) is 5.30. The predicted octanol–water partition coefficient (Wildman–Crippen LogP) is 2.54. The molecule has 86 valence electrons. The Hall–Kier alpha value is -1.22. The van der Waals surface area contributed by atoms with Crippen LogP contribution in [0.15, 0.2) is 18.2 Å². The summed E-state index contributed by atoms with van der Waals surface area (Å²) in [5.74, 6) is -0.129. The van der Waals surface area contributed by atoms with Crippen molar-refractivity contribution < 1.29 is 10.2 Å². The third kappa shape index (κ3) is 6.80. The van der Waals surface area contributed by atoms with Crippen LogP contribution in [0.2, 0.25) is 0 Å². The van der Waals surface area contributed by atoms with E-state index in [9.17, 15) is 0 Å². The number of benzene rings is 1. The van der Waals surface area contributed by atoms with Crippen LogP contribution in [0.3, 0.4) is 0 Å². The standard InChI is InChI=1S/C7H8O2.C5H13N/c1-5-2-3-6(8)7(9)4-5;1-2-3-4-5-6/h2-4,8-9H,1H3;2-6H2,1H3. The molecule has 3 nitrogen and oxygen atoms in total. The quantitative estimate of drug-likeness (QED) is 0.531. The van der Waals surface area contributed by atoms with Crippen molar-refractivity contribution in [2.45, 2.75) is 33.1 Å². The third-order valence-corrected chi connectivity index (χ3v) is 1.94. The molecule has 1 rings (SSSR count). The molecule has 0 spiro atoms. The van der Waals surface area contributed by atoms with Crippen molar-refractivity contribution in [3.8, 4) is 11.5 Å².